The van der Waals surface area contributed by atoms with E-state index in [1.165, 1.54) is 6.92 Å². The summed E-state index contributed by atoms with van der Waals surface area (Å²) >= 11 is 0. The number of methoxy groups -OCH3 is 1. The molecule has 0 aliphatic heterocycles. The Labute approximate surface area is 125 Å². The van der Waals surface area contributed by atoms with Gasteiger partial charge in [0.1, 0.15) is 5.75 Å². The van der Waals surface area contributed by atoms with Crippen LogP contribution in [0.1, 0.15) is 12.5 Å². The van der Waals surface area contributed by atoms with E-state index in [1.54, 1.807) is 7.11 Å². The van der Waals surface area contributed by atoms with Gasteiger partial charge in [0.25, 0.3) is 0 Å². The third-order valence-electron chi connectivity index (χ3n) is 3.16. The van der Waals surface area contributed by atoms with Crippen molar-refractivity contribution in [2.75, 3.05) is 12.4 Å². The van der Waals surface area contributed by atoms with E-state index in [4.69, 9.17) is 4.74 Å². The summed E-state index contributed by atoms with van der Waals surface area (Å²) < 4.78 is 5.36. The fraction of sp³-hybridized carbons (Fsp3) is 0.167. The minimum atomic E-state index is -0.0748. The second kappa shape index (κ2) is 6.75. The summed E-state index contributed by atoms with van der Waals surface area (Å²) in [4.78, 5) is 11.1. The molecule has 21 heavy (non-hydrogen) atoms. The summed E-state index contributed by atoms with van der Waals surface area (Å²) in [5.74, 6) is 0.783. The first-order chi connectivity index (χ1) is 10.1. The van der Waals surface area contributed by atoms with E-state index in [0.29, 0.717) is 0 Å². The van der Waals surface area contributed by atoms with Crippen molar-refractivity contribution in [2.45, 2.75) is 13.3 Å². The first-order valence-corrected chi connectivity index (χ1v) is 6.80. The van der Waals surface area contributed by atoms with Gasteiger partial charge in [-0.25, -0.2) is 0 Å². The first kappa shape index (κ1) is 14.9. The number of benzene rings is 2. The van der Waals surface area contributed by atoms with Crippen molar-refractivity contribution in [3.05, 3.63) is 60.7 Å². The van der Waals surface area contributed by atoms with Crippen molar-refractivity contribution in [2.24, 2.45) is 0 Å². The number of hydrogen-bond acceptors (Lipinski definition) is 2. The molecule has 1 amide bonds. The minimum Gasteiger partial charge on any atom is -0.496 e. The molecular formula is C18H19NO2. The van der Waals surface area contributed by atoms with Crippen LogP contribution in [0.15, 0.2) is 55.1 Å². The SMILES string of the molecule is C=CCc1cc(-c2cccc(NC(C)=O)c2)ccc1OC. The largest absolute Gasteiger partial charge is 0.496 e. The van der Waals surface area contributed by atoms with Crippen molar-refractivity contribution < 1.29 is 9.53 Å². The van der Waals surface area contributed by atoms with E-state index in [1.807, 2.05) is 42.5 Å². The zero-order valence-corrected chi connectivity index (χ0v) is 12.3. The molecule has 0 spiro atoms. The summed E-state index contributed by atoms with van der Waals surface area (Å²) in [7, 11) is 1.67. The molecule has 108 valence electrons. The van der Waals surface area contributed by atoms with Gasteiger partial charge in [0.15, 0.2) is 0 Å². The number of carbonyl (C=O) groups excluding carboxylic acids is 1. The topological polar surface area (TPSA) is 38.3 Å². The van der Waals surface area contributed by atoms with E-state index in [-0.39, 0.29) is 5.91 Å². The van der Waals surface area contributed by atoms with E-state index in [9.17, 15) is 4.79 Å². The molecule has 3 nitrogen and oxygen atoms in total. The zero-order valence-electron chi connectivity index (χ0n) is 12.3. The highest BCUT2D eigenvalue weighted by Gasteiger charge is 2.06. The molecule has 0 fully saturated rings. The summed E-state index contributed by atoms with van der Waals surface area (Å²) in [6, 6.07) is 13.8. The lowest BCUT2D eigenvalue weighted by atomic mass is 10.0. The van der Waals surface area contributed by atoms with E-state index >= 15 is 0 Å². The maximum absolute atomic E-state index is 11.1. The van der Waals surface area contributed by atoms with Gasteiger partial charge in [-0.3, -0.25) is 4.79 Å². The van der Waals surface area contributed by atoms with E-state index in [0.717, 1.165) is 34.5 Å². The average molecular weight is 281 g/mol. The van der Waals surface area contributed by atoms with Crippen LogP contribution in [0.3, 0.4) is 0 Å². The van der Waals surface area contributed by atoms with Crippen molar-refractivity contribution in [1.29, 1.82) is 0 Å². The molecule has 0 saturated carbocycles. The number of hydrogen-bond donors (Lipinski definition) is 1. The monoisotopic (exact) mass is 281 g/mol. The molecule has 0 aromatic heterocycles. The summed E-state index contributed by atoms with van der Waals surface area (Å²) in [5, 5.41) is 2.80. The van der Waals surface area contributed by atoms with Gasteiger partial charge < -0.3 is 10.1 Å². The molecule has 0 atom stereocenters. The second-order valence-electron chi connectivity index (χ2n) is 4.78. The number of rotatable bonds is 5. The maximum Gasteiger partial charge on any atom is 0.221 e. The molecule has 1 N–H and O–H groups in total. The third kappa shape index (κ3) is 3.72. The van der Waals surface area contributed by atoms with Crippen LogP contribution in [0.25, 0.3) is 11.1 Å². The Bertz CT molecular complexity index is 662. The Kier molecular flexibility index (Phi) is 4.77. The Balaban J connectivity index is 2.39. The van der Waals surface area contributed by atoms with Crippen LogP contribution >= 0.6 is 0 Å². The maximum atomic E-state index is 11.1. The predicted molar refractivity (Wildman–Crippen MR) is 86.6 cm³/mol. The highest BCUT2D eigenvalue weighted by Crippen LogP contribution is 2.28. The van der Waals surface area contributed by atoms with Crippen LogP contribution in [-0.2, 0) is 11.2 Å². The standard InChI is InChI=1S/C18H19NO2/c1-4-6-16-11-15(9-10-18(16)21-3)14-7-5-8-17(12-14)19-13(2)20/h4-5,7-12H,1,6H2,2-3H3,(H,19,20). The highest BCUT2D eigenvalue weighted by molar-refractivity contribution is 5.89. The predicted octanol–water partition coefficient (Wildman–Crippen LogP) is 4.05. The molecule has 0 aliphatic rings. The van der Waals surface area contributed by atoms with Gasteiger partial charge in [-0.2, -0.15) is 0 Å². The number of nitrogens with one attached hydrogen (secondary N) is 1. The van der Waals surface area contributed by atoms with E-state index in [2.05, 4.69) is 18.0 Å². The lowest BCUT2D eigenvalue weighted by Gasteiger charge is -2.11. The molecule has 0 radical (unpaired) electrons. The molecule has 2 aromatic rings. The van der Waals surface area contributed by atoms with Crippen LogP contribution in [0.2, 0.25) is 0 Å². The number of amides is 1. The Morgan fingerprint density at radius 1 is 1.24 bits per heavy atom. The van der Waals surface area contributed by atoms with Gasteiger partial charge in [0, 0.05) is 12.6 Å². The summed E-state index contributed by atoms with van der Waals surface area (Å²) in [6.45, 7) is 5.28. The molecule has 0 bridgehead atoms. The number of carbonyl (C=O) groups is 1. The van der Waals surface area contributed by atoms with Gasteiger partial charge in [0.2, 0.25) is 5.91 Å². The van der Waals surface area contributed by atoms with Crippen LogP contribution in [0, 0.1) is 0 Å². The molecule has 2 rings (SSSR count). The molecule has 3 heteroatoms. The van der Waals surface area contributed by atoms with Crippen LogP contribution in [0.4, 0.5) is 5.69 Å². The van der Waals surface area contributed by atoms with Crippen LogP contribution in [-0.4, -0.2) is 13.0 Å². The van der Waals surface area contributed by atoms with Gasteiger partial charge in [0.05, 0.1) is 7.11 Å². The van der Waals surface area contributed by atoms with Gasteiger partial charge in [-0.1, -0.05) is 24.3 Å². The Morgan fingerprint density at radius 3 is 2.67 bits per heavy atom. The Hall–Kier alpha value is -2.55. The van der Waals surface area contributed by atoms with Crippen LogP contribution < -0.4 is 10.1 Å². The van der Waals surface area contributed by atoms with Crippen LogP contribution in [0.5, 0.6) is 5.75 Å². The molecule has 0 saturated heterocycles. The summed E-state index contributed by atoms with van der Waals surface area (Å²) in [5.41, 5.74) is 4.02. The van der Waals surface area contributed by atoms with Crippen molar-refractivity contribution in [3.8, 4) is 16.9 Å². The molecular weight excluding hydrogens is 262 g/mol. The molecule has 0 unspecified atom stereocenters. The Morgan fingerprint density at radius 2 is 2.00 bits per heavy atom. The lowest BCUT2D eigenvalue weighted by Crippen LogP contribution is -2.05. The third-order valence-corrected chi connectivity index (χ3v) is 3.16. The molecule has 0 aliphatic carbocycles. The minimum absolute atomic E-state index is 0.0748. The van der Waals surface area contributed by atoms with Gasteiger partial charge in [-0.05, 0) is 47.4 Å². The average Bonchev–Trinajstić information content (AvgIpc) is 2.47. The quantitative estimate of drug-likeness (QED) is 0.840. The molecule has 0 heterocycles. The molecule has 2 aromatic carbocycles. The fourth-order valence-corrected chi connectivity index (χ4v) is 2.25. The smallest absolute Gasteiger partial charge is 0.221 e. The second-order valence-corrected chi connectivity index (χ2v) is 4.78. The van der Waals surface area contributed by atoms with Crippen molar-refractivity contribution in [1.82, 2.24) is 0 Å². The number of ether oxygens (including phenoxy) is 1. The van der Waals surface area contributed by atoms with Gasteiger partial charge >= 0.3 is 0 Å². The lowest BCUT2D eigenvalue weighted by molar-refractivity contribution is -0.114. The first-order valence-electron chi connectivity index (χ1n) is 6.80. The summed E-state index contributed by atoms with van der Waals surface area (Å²) in [6.07, 6.45) is 2.61. The zero-order chi connectivity index (χ0) is 15.2. The van der Waals surface area contributed by atoms with Crippen molar-refractivity contribution >= 4 is 11.6 Å². The normalized spacial score (nSPS) is 10.0. The van der Waals surface area contributed by atoms with Gasteiger partial charge in [-0.15, -0.1) is 6.58 Å². The van der Waals surface area contributed by atoms with Crippen molar-refractivity contribution in [3.63, 3.8) is 0 Å². The number of allylic oxidation sites excluding steroid dienone is 1. The number of anilines is 1. The fourth-order valence-electron chi connectivity index (χ4n) is 2.25. The highest BCUT2D eigenvalue weighted by atomic mass is 16.5. The van der Waals surface area contributed by atoms with E-state index < -0.39 is 0 Å².